The van der Waals surface area contributed by atoms with Gasteiger partial charge in [0, 0.05) is 12.1 Å². The molecule has 0 fully saturated rings. The second kappa shape index (κ2) is 9.50. The fourth-order valence-corrected chi connectivity index (χ4v) is 3.66. The molecule has 1 heterocycles. The first kappa shape index (κ1) is 22.6. The fraction of sp³-hybridized carbons (Fsp3) is 0.120. The van der Waals surface area contributed by atoms with Gasteiger partial charge in [-0.3, -0.25) is 4.79 Å². The molecule has 4 rings (SSSR count). The number of benzene rings is 3. The highest BCUT2D eigenvalue weighted by molar-refractivity contribution is 6.34. The molecule has 4 aromatic rings. The SMILES string of the molecule is O=c1nc(-c2cccc(C(F)(F)F)c2Cl)n(Cc2ccccc2)cc1OCc1ccccc1. The van der Waals surface area contributed by atoms with Crippen molar-refractivity contribution in [1.29, 1.82) is 0 Å². The van der Waals surface area contributed by atoms with E-state index in [1.54, 1.807) is 4.57 Å². The van der Waals surface area contributed by atoms with Crippen LogP contribution in [0.25, 0.3) is 11.4 Å². The Bertz CT molecular complexity index is 1310. The Hall–Kier alpha value is -3.58. The van der Waals surface area contributed by atoms with Crippen molar-refractivity contribution in [2.75, 3.05) is 0 Å². The second-order valence-corrected chi connectivity index (χ2v) is 7.66. The first-order valence-corrected chi connectivity index (χ1v) is 10.4. The Morgan fingerprint density at radius 3 is 2.15 bits per heavy atom. The van der Waals surface area contributed by atoms with Crippen LogP contribution in [0.3, 0.4) is 0 Å². The van der Waals surface area contributed by atoms with Crippen LogP contribution in [-0.2, 0) is 19.3 Å². The van der Waals surface area contributed by atoms with Crippen molar-refractivity contribution in [1.82, 2.24) is 9.55 Å². The molecule has 0 N–H and O–H groups in total. The van der Waals surface area contributed by atoms with Gasteiger partial charge in [-0.15, -0.1) is 0 Å². The molecular weight excluding hydrogens is 453 g/mol. The molecule has 168 valence electrons. The van der Waals surface area contributed by atoms with Gasteiger partial charge in [0.15, 0.2) is 0 Å². The molecule has 33 heavy (non-hydrogen) atoms. The predicted octanol–water partition coefficient (Wildman–Crippen LogP) is 6.21. The number of hydrogen-bond donors (Lipinski definition) is 0. The van der Waals surface area contributed by atoms with Gasteiger partial charge in [0.25, 0.3) is 0 Å². The minimum absolute atomic E-state index is 0.00846. The highest BCUT2D eigenvalue weighted by Crippen LogP contribution is 2.39. The van der Waals surface area contributed by atoms with Gasteiger partial charge in [0.1, 0.15) is 12.4 Å². The predicted molar refractivity (Wildman–Crippen MR) is 120 cm³/mol. The van der Waals surface area contributed by atoms with E-state index in [9.17, 15) is 18.0 Å². The largest absolute Gasteiger partial charge is 0.482 e. The molecule has 0 spiro atoms. The first-order chi connectivity index (χ1) is 15.8. The van der Waals surface area contributed by atoms with Crippen molar-refractivity contribution in [2.24, 2.45) is 0 Å². The molecular formula is C25H18ClF3N2O2. The van der Waals surface area contributed by atoms with Crippen LogP contribution in [0.5, 0.6) is 5.75 Å². The zero-order valence-corrected chi connectivity index (χ0v) is 18.0. The van der Waals surface area contributed by atoms with E-state index in [1.807, 2.05) is 60.7 Å². The molecule has 0 aliphatic rings. The summed E-state index contributed by atoms with van der Waals surface area (Å²) in [7, 11) is 0. The van der Waals surface area contributed by atoms with E-state index in [2.05, 4.69) is 4.98 Å². The molecule has 0 bridgehead atoms. The van der Waals surface area contributed by atoms with Gasteiger partial charge < -0.3 is 9.30 Å². The van der Waals surface area contributed by atoms with Gasteiger partial charge in [0.2, 0.25) is 5.75 Å². The third kappa shape index (κ3) is 5.26. The van der Waals surface area contributed by atoms with Crippen LogP contribution in [0.2, 0.25) is 5.02 Å². The average molecular weight is 471 g/mol. The van der Waals surface area contributed by atoms with Crippen LogP contribution < -0.4 is 10.3 Å². The molecule has 4 nitrogen and oxygen atoms in total. The third-order valence-corrected chi connectivity index (χ3v) is 5.35. The monoisotopic (exact) mass is 470 g/mol. The minimum atomic E-state index is -4.64. The number of hydrogen-bond acceptors (Lipinski definition) is 3. The lowest BCUT2D eigenvalue weighted by Gasteiger charge is -2.17. The standard InChI is InChI=1S/C25H18ClF3N2O2/c26-22-19(12-7-13-20(22)25(27,28)29)23-30-24(32)21(33-16-18-10-5-2-6-11-18)15-31(23)14-17-8-3-1-4-9-17/h1-13,15H,14,16H2. The lowest BCUT2D eigenvalue weighted by Crippen LogP contribution is -2.19. The quantitative estimate of drug-likeness (QED) is 0.336. The van der Waals surface area contributed by atoms with Crippen molar-refractivity contribution < 1.29 is 17.9 Å². The van der Waals surface area contributed by atoms with Gasteiger partial charge in [-0.1, -0.05) is 78.3 Å². The van der Waals surface area contributed by atoms with E-state index in [4.69, 9.17) is 16.3 Å². The van der Waals surface area contributed by atoms with E-state index in [1.165, 1.54) is 18.3 Å². The number of halogens is 4. The zero-order valence-electron chi connectivity index (χ0n) is 17.2. The lowest BCUT2D eigenvalue weighted by molar-refractivity contribution is -0.137. The van der Waals surface area contributed by atoms with Crippen molar-refractivity contribution in [3.8, 4) is 17.1 Å². The summed E-state index contributed by atoms with van der Waals surface area (Å²) in [6.45, 7) is 0.393. The molecule has 0 saturated heterocycles. The van der Waals surface area contributed by atoms with Crippen LogP contribution in [0, 0.1) is 0 Å². The maximum atomic E-state index is 13.4. The maximum absolute atomic E-state index is 13.4. The van der Waals surface area contributed by atoms with E-state index in [0.717, 1.165) is 17.2 Å². The normalized spacial score (nSPS) is 11.4. The third-order valence-electron chi connectivity index (χ3n) is 4.94. The van der Waals surface area contributed by atoms with Gasteiger partial charge in [-0.25, -0.2) is 0 Å². The molecule has 0 amide bonds. The van der Waals surface area contributed by atoms with Crippen LogP contribution >= 0.6 is 11.6 Å². The van der Waals surface area contributed by atoms with Gasteiger partial charge in [0.05, 0.1) is 16.8 Å². The molecule has 0 unspecified atom stereocenters. The molecule has 8 heteroatoms. The molecule has 0 atom stereocenters. The summed E-state index contributed by atoms with van der Waals surface area (Å²) in [6, 6.07) is 22.1. The molecule has 3 aromatic carbocycles. The highest BCUT2D eigenvalue weighted by Gasteiger charge is 2.34. The number of aromatic nitrogens is 2. The van der Waals surface area contributed by atoms with Crippen LogP contribution in [-0.4, -0.2) is 9.55 Å². The van der Waals surface area contributed by atoms with Crippen LogP contribution in [0.15, 0.2) is 89.9 Å². The van der Waals surface area contributed by atoms with Crippen molar-refractivity contribution >= 4 is 11.6 Å². The molecule has 0 radical (unpaired) electrons. The van der Waals surface area contributed by atoms with E-state index in [0.29, 0.717) is 0 Å². The highest BCUT2D eigenvalue weighted by atomic mass is 35.5. The van der Waals surface area contributed by atoms with Gasteiger partial charge in [-0.2, -0.15) is 18.2 Å². The van der Waals surface area contributed by atoms with Crippen LogP contribution in [0.4, 0.5) is 13.2 Å². The van der Waals surface area contributed by atoms with Gasteiger partial charge >= 0.3 is 11.7 Å². The minimum Gasteiger partial charge on any atom is -0.482 e. The van der Waals surface area contributed by atoms with Crippen molar-refractivity contribution in [3.63, 3.8) is 0 Å². The van der Waals surface area contributed by atoms with Crippen molar-refractivity contribution in [2.45, 2.75) is 19.3 Å². The van der Waals surface area contributed by atoms with E-state index < -0.39 is 22.3 Å². The number of rotatable bonds is 6. The number of alkyl halides is 3. The summed E-state index contributed by atoms with van der Waals surface area (Å²) < 4.78 is 47.5. The molecule has 1 aromatic heterocycles. The second-order valence-electron chi connectivity index (χ2n) is 7.29. The number of nitrogens with zero attached hydrogens (tertiary/aromatic N) is 2. The Morgan fingerprint density at radius 2 is 1.52 bits per heavy atom. The molecule has 0 aliphatic heterocycles. The Labute approximate surface area is 192 Å². The summed E-state index contributed by atoms with van der Waals surface area (Å²) in [6.07, 6.45) is -3.19. The Balaban J connectivity index is 1.79. The maximum Gasteiger partial charge on any atom is 0.417 e. The molecule has 0 aliphatic carbocycles. The fourth-order valence-electron chi connectivity index (χ4n) is 3.35. The topological polar surface area (TPSA) is 44.1 Å². The lowest BCUT2D eigenvalue weighted by atomic mass is 10.1. The van der Waals surface area contributed by atoms with Crippen LogP contribution in [0.1, 0.15) is 16.7 Å². The summed E-state index contributed by atoms with van der Waals surface area (Å²) >= 11 is 6.13. The van der Waals surface area contributed by atoms with E-state index in [-0.39, 0.29) is 30.3 Å². The van der Waals surface area contributed by atoms with E-state index >= 15 is 0 Å². The Morgan fingerprint density at radius 1 is 0.879 bits per heavy atom. The molecule has 0 saturated carbocycles. The zero-order chi connectivity index (χ0) is 23.4. The average Bonchev–Trinajstić information content (AvgIpc) is 2.80. The van der Waals surface area contributed by atoms with Gasteiger partial charge in [-0.05, 0) is 23.3 Å². The van der Waals surface area contributed by atoms with Crippen molar-refractivity contribution in [3.05, 3.63) is 117 Å². The Kier molecular flexibility index (Phi) is 6.51. The summed E-state index contributed by atoms with van der Waals surface area (Å²) in [5, 5.41) is -0.517. The first-order valence-electron chi connectivity index (χ1n) is 10.0. The smallest absolute Gasteiger partial charge is 0.417 e. The number of ether oxygens (including phenoxy) is 1. The summed E-state index contributed by atoms with van der Waals surface area (Å²) in [5.41, 5.74) is 0.0391. The summed E-state index contributed by atoms with van der Waals surface area (Å²) in [5.74, 6) is 0.00801. The summed E-state index contributed by atoms with van der Waals surface area (Å²) in [4.78, 5) is 16.8.